The molecule has 0 bridgehead atoms. The van der Waals surface area contributed by atoms with E-state index in [9.17, 15) is 0 Å². The molecule has 4 nitrogen and oxygen atoms in total. The molecular formula is C20H25N3OS. The molecule has 1 aliphatic rings. The van der Waals surface area contributed by atoms with Gasteiger partial charge in [0.05, 0.1) is 18.8 Å². The van der Waals surface area contributed by atoms with E-state index in [0.29, 0.717) is 5.11 Å². The van der Waals surface area contributed by atoms with Crippen LogP contribution in [0.1, 0.15) is 12.5 Å². The number of thiocarbonyl (C=S) groups is 1. The maximum atomic E-state index is 6.19. The molecule has 0 amide bonds. The Morgan fingerprint density at radius 3 is 2.72 bits per heavy atom. The zero-order valence-corrected chi connectivity index (χ0v) is 15.8. The van der Waals surface area contributed by atoms with Crippen molar-refractivity contribution in [2.24, 2.45) is 0 Å². The summed E-state index contributed by atoms with van der Waals surface area (Å²) in [6.07, 6.45) is 0.0801. The summed E-state index contributed by atoms with van der Waals surface area (Å²) in [7, 11) is 2.01. The molecule has 0 radical (unpaired) electrons. The molecule has 1 heterocycles. The number of anilines is 2. The second-order valence-electron chi connectivity index (χ2n) is 6.37. The monoisotopic (exact) mass is 355 g/mol. The zero-order chi connectivity index (χ0) is 17.8. The van der Waals surface area contributed by atoms with E-state index in [0.717, 1.165) is 31.1 Å². The third-order valence-corrected chi connectivity index (χ3v) is 4.93. The second-order valence-corrected chi connectivity index (χ2v) is 6.76. The summed E-state index contributed by atoms with van der Waals surface area (Å²) in [5.41, 5.74) is 3.40. The molecule has 0 saturated carbocycles. The standard InChI is InChI=1S/C20H25N3OS/c1-4-23-14-16(24-19-12-8-7-11-18(19)23)13-22(3)20(25)21-17-10-6-5-9-15(17)2/h5-12,16H,4,13-14H2,1-3H3,(H,21,25)/t16-/m1/s1. The van der Waals surface area contributed by atoms with Crippen molar-refractivity contribution in [3.63, 3.8) is 0 Å². The summed E-state index contributed by atoms with van der Waals surface area (Å²) in [6, 6.07) is 16.4. The highest BCUT2D eigenvalue weighted by molar-refractivity contribution is 7.80. The molecule has 3 rings (SSSR count). The first-order chi connectivity index (χ1) is 12.1. The van der Waals surface area contributed by atoms with Crippen molar-refractivity contribution in [2.45, 2.75) is 20.0 Å². The van der Waals surface area contributed by atoms with Gasteiger partial charge in [0.2, 0.25) is 0 Å². The van der Waals surface area contributed by atoms with Gasteiger partial charge in [-0.15, -0.1) is 0 Å². The molecule has 1 atom stereocenters. The first-order valence-corrected chi connectivity index (χ1v) is 9.07. The number of ether oxygens (including phenoxy) is 1. The van der Waals surface area contributed by atoms with Crippen molar-refractivity contribution in [1.29, 1.82) is 0 Å². The number of fused-ring (bicyclic) bond motifs is 1. The van der Waals surface area contributed by atoms with E-state index in [2.05, 4.69) is 42.3 Å². The quantitative estimate of drug-likeness (QED) is 0.840. The average Bonchev–Trinajstić information content (AvgIpc) is 2.62. The van der Waals surface area contributed by atoms with Gasteiger partial charge >= 0.3 is 0 Å². The molecule has 5 heteroatoms. The molecule has 0 spiro atoms. The van der Waals surface area contributed by atoms with Gasteiger partial charge in [-0.05, 0) is 49.8 Å². The number of likely N-dealkylation sites (N-methyl/N-ethyl adjacent to an activating group) is 2. The lowest BCUT2D eigenvalue weighted by Gasteiger charge is -2.37. The molecule has 0 fully saturated rings. The molecule has 25 heavy (non-hydrogen) atoms. The topological polar surface area (TPSA) is 27.7 Å². The number of nitrogens with zero attached hydrogens (tertiary/aromatic N) is 2. The number of rotatable bonds is 4. The van der Waals surface area contributed by atoms with Crippen LogP contribution in [0.25, 0.3) is 0 Å². The van der Waals surface area contributed by atoms with Gasteiger partial charge in [0.25, 0.3) is 0 Å². The van der Waals surface area contributed by atoms with E-state index < -0.39 is 0 Å². The largest absolute Gasteiger partial charge is 0.485 e. The Labute approximate surface area is 155 Å². The van der Waals surface area contributed by atoms with Crippen LogP contribution in [0, 0.1) is 6.92 Å². The van der Waals surface area contributed by atoms with Gasteiger partial charge in [0.1, 0.15) is 11.9 Å². The third-order valence-electron chi connectivity index (χ3n) is 4.52. The number of benzene rings is 2. The van der Waals surface area contributed by atoms with Crippen LogP contribution in [0.2, 0.25) is 0 Å². The lowest BCUT2D eigenvalue weighted by Crippen LogP contribution is -2.47. The summed E-state index contributed by atoms with van der Waals surface area (Å²) < 4.78 is 6.19. The van der Waals surface area contributed by atoms with Gasteiger partial charge in [-0.1, -0.05) is 30.3 Å². The molecule has 2 aromatic carbocycles. The highest BCUT2D eigenvalue weighted by atomic mass is 32.1. The number of aryl methyl sites for hydroxylation is 1. The Bertz CT molecular complexity index is 749. The lowest BCUT2D eigenvalue weighted by molar-refractivity contribution is 0.169. The second kappa shape index (κ2) is 7.74. The van der Waals surface area contributed by atoms with E-state index in [1.54, 1.807) is 0 Å². The van der Waals surface area contributed by atoms with Crippen molar-refractivity contribution in [2.75, 3.05) is 36.9 Å². The fourth-order valence-corrected chi connectivity index (χ4v) is 3.27. The van der Waals surface area contributed by atoms with Gasteiger partial charge in [0.15, 0.2) is 5.11 Å². The summed E-state index contributed by atoms with van der Waals surface area (Å²) in [6.45, 7) is 6.82. The highest BCUT2D eigenvalue weighted by Crippen LogP contribution is 2.32. The normalized spacial score (nSPS) is 16.0. The van der Waals surface area contributed by atoms with Gasteiger partial charge in [0, 0.05) is 19.3 Å². The molecule has 0 aromatic heterocycles. The molecule has 0 unspecified atom stereocenters. The fourth-order valence-electron chi connectivity index (χ4n) is 3.09. The summed E-state index contributed by atoms with van der Waals surface area (Å²) in [4.78, 5) is 4.41. The minimum absolute atomic E-state index is 0.0801. The van der Waals surface area contributed by atoms with Crippen molar-refractivity contribution in [1.82, 2.24) is 4.90 Å². The maximum absolute atomic E-state index is 6.19. The van der Waals surface area contributed by atoms with Crippen LogP contribution in [0.3, 0.4) is 0 Å². The van der Waals surface area contributed by atoms with Crippen LogP contribution in [-0.2, 0) is 0 Å². The predicted octanol–water partition coefficient (Wildman–Crippen LogP) is 3.91. The first-order valence-electron chi connectivity index (χ1n) is 8.67. The molecular weight excluding hydrogens is 330 g/mol. The molecule has 1 aliphatic heterocycles. The van der Waals surface area contributed by atoms with Crippen molar-refractivity contribution < 1.29 is 4.74 Å². The van der Waals surface area contributed by atoms with E-state index in [1.165, 1.54) is 11.3 Å². The van der Waals surface area contributed by atoms with Crippen LogP contribution in [0.5, 0.6) is 5.75 Å². The zero-order valence-electron chi connectivity index (χ0n) is 15.0. The SMILES string of the molecule is CCN1C[C@@H](CN(C)C(=S)Nc2ccccc2C)Oc2ccccc21. The number of hydrogen-bond acceptors (Lipinski definition) is 3. The number of para-hydroxylation sites is 3. The summed E-state index contributed by atoms with van der Waals surface area (Å²) >= 11 is 5.57. The molecule has 1 N–H and O–H groups in total. The Morgan fingerprint density at radius 1 is 1.24 bits per heavy atom. The Balaban J connectivity index is 1.64. The predicted molar refractivity (Wildman–Crippen MR) is 109 cm³/mol. The third kappa shape index (κ3) is 4.04. The summed E-state index contributed by atoms with van der Waals surface area (Å²) in [5.74, 6) is 0.951. The highest BCUT2D eigenvalue weighted by Gasteiger charge is 2.26. The minimum Gasteiger partial charge on any atom is -0.485 e. The molecule has 0 aliphatic carbocycles. The average molecular weight is 356 g/mol. The van der Waals surface area contributed by atoms with Crippen LogP contribution >= 0.6 is 12.2 Å². The van der Waals surface area contributed by atoms with Crippen LogP contribution < -0.4 is 15.0 Å². The van der Waals surface area contributed by atoms with Crippen molar-refractivity contribution >= 4 is 28.7 Å². The minimum atomic E-state index is 0.0801. The van der Waals surface area contributed by atoms with Crippen molar-refractivity contribution in [3.8, 4) is 5.75 Å². The van der Waals surface area contributed by atoms with Gasteiger partial charge in [-0.3, -0.25) is 0 Å². The van der Waals surface area contributed by atoms with Crippen LogP contribution in [0.4, 0.5) is 11.4 Å². The fraction of sp³-hybridized carbons (Fsp3) is 0.350. The number of hydrogen-bond donors (Lipinski definition) is 1. The number of nitrogens with one attached hydrogen (secondary N) is 1. The summed E-state index contributed by atoms with van der Waals surface area (Å²) in [5, 5.41) is 4.04. The smallest absolute Gasteiger partial charge is 0.173 e. The maximum Gasteiger partial charge on any atom is 0.173 e. The van der Waals surface area contributed by atoms with E-state index in [1.807, 2.05) is 42.3 Å². The Kier molecular flexibility index (Phi) is 5.43. The van der Waals surface area contributed by atoms with Gasteiger partial charge < -0.3 is 19.9 Å². The molecule has 0 saturated heterocycles. The van der Waals surface area contributed by atoms with E-state index in [4.69, 9.17) is 17.0 Å². The Morgan fingerprint density at radius 2 is 1.96 bits per heavy atom. The van der Waals surface area contributed by atoms with Crippen LogP contribution in [-0.4, -0.2) is 42.8 Å². The van der Waals surface area contributed by atoms with Gasteiger partial charge in [-0.2, -0.15) is 0 Å². The lowest BCUT2D eigenvalue weighted by atomic mass is 10.2. The van der Waals surface area contributed by atoms with E-state index >= 15 is 0 Å². The van der Waals surface area contributed by atoms with E-state index in [-0.39, 0.29) is 6.10 Å². The molecule has 2 aromatic rings. The first kappa shape index (κ1) is 17.5. The Hall–Kier alpha value is -2.27. The van der Waals surface area contributed by atoms with Crippen molar-refractivity contribution in [3.05, 3.63) is 54.1 Å². The molecule has 132 valence electrons. The van der Waals surface area contributed by atoms with Gasteiger partial charge in [-0.25, -0.2) is 0 Å². The van der Waals surface area contributed by atoms with Crippen LogP contribution in [0.15, 0.2) is 48.5 Å².